The summed E-state index contributed by atoms with van der Waals surface area (Å²) in [5, 5.41) is 29.6. The number of amides is 4. The molecule has 516 valence electrons. The smallest absolute Gasteiger partial charge is 0.258 e. The number of rotatable bonds is 16. The van der Waals surface area contributed by atoms with E-state index in [0.717, 1.165) is 39.4 Å². The van der Waals surface area contributed by atoms with Crippen LogP contribution < -0.4 is 21.3 Å². The van der Waals surface area contributed by atoms with E-state index in [1.165, 1.54) is 0 Å². The molecule has 0 atom stereocenters. The third-order valence-corrected chi connectivity index (χ3v) is 15.8. The number of carbonyl (C=O) groups excluding carboxylic acids is 4. The fraction of sp³-hybridized carbons (Fsp3) is 0.0244. The van der Waals surface area contributed by atoms with Crippen LogP contribution in [0.25, 0.3) is 68.7 Å². The van der Waals surface area contributed by atoms with E-state index in [-0.39, 0.29) is 23.6 Å². The van der Waals surface area contributed by atoms with Crippen molar-refractivity contribution in [3.05, 3.63) is 362 Å². The van der Waals surface area contributed by atoms with E-state index < -0.39 is 0 Å². The normalized spacial score (nSPS) is 10.5. The van der Waals surface area contributed by atoms with Crippen molar-refractivity contribution in [2.24, 2.45) is 0 Å². The van der Waals surface area contributed by atoms with Gasteiger partial charge in [0.15, 0.2) is 5.82 Å². The van der Waals surface area contributed by atoms with E-state index in [0.29, 0.717) is 86.4 Å². The van der Waals surface area contributed by atoms with Gasteiger partial charge in [0.05, 0.1) is 22.7 Å². The molecule has 0 bridgehead atoms. The first-order valence-electron chi connectivity index (χ1n) is 33.3. The predicted molar refractivity (Wildman–Crippen MR) is 405 cm³/mol. The zero-order valence-electron chi connectivity index (χ0n) is 57.0. The molecule has 106 heavy (non-hydrogen) atoms. The van der Waals surface area contributed by atoms with Crippen molar-refractivity contribution in [2.45, 2.75) is 13.8 Å². The lowest BCUT2D eigenvalue weighted by Crippen LogP contribution is -2.16. The van der Waals surface area contributed by atoms with Crippen LogP contribution >= 0.6 is 0 Å². The van der Waals surface area contributed by atoms with E-state index in [9.17, 15) is 19.2 Å². The molecule has 8 aromatic heterocycles. The molecule has 0 unspecified atom stereocenters. The molecule has 0 saturated heterocycles. The van der Waals surface area contributed by atoms with Gasteiger partial charge in [-0.25, -0.2) is 0 Å². The quantitative estimate of drug-likeness (QED) is 0.0699. The highest BCUT2D eigenvalue weighted by molar-refractivity contribution is 6.06. The monoisotopic (exact) mass is 1390 g/mol. The van der Waals surface area contributed by atoms with E-state index >= 15 is 0 Å². The number of aromatic nitrogens is 16. The van der Waals surface area contributed by atoms with Crippen LogP contribution in [-0.2, 0) is 0 Å². The van der Waals surface area contributed by atoms with E-state index in [4.69, 9.17) is 0 Å². The summed E-state index contributed by atoms with van der Waals surface area (Å²) in [6.45, 7) is 3.80. The van der Waals surface area contributed by atoms with Crippen molar-refractivity contribution < 1.29 is 19.2 Å². The Hall–Kier alpha value is -15.2. The first kappa shape index (κ1) is 69.3. The molecule has 0 aliphatic rings. The first-order valence-corrected chi connectivity index (χ1v) is 33.3. The number of aryl methyl sites for hydroxylation is 2. The lowest BCUT2D eigenvalue weighted by Gasteiger charge is -2.08. The third kappa shape index (κ3) is 17.3. The van der Waals surface area contributed by atoms with Crippen LogP contribution in [0.2, 0.25) is 0 Å². The SMILES string of the molecule is Cc1ccccc1C(=O)Nc1nc(-c2ccccn2)nn1-c1ccccc1.Cc1ccccc1C(=O)Nc1nc(-c2ccncc2)nn1-c1ccccc1.O=C(Nc1nc(-c2ccccn2)nn1-c1ccccc1)c1ccccc1.O=C(Nc1nc(-c2ccccn2)nn1-c1ccccc1)c1ccccc1. The summed E-state index contributed by atoms with van der Waals surface area (Å²) in [4.78, 5) is 85.5. The average Bonchev–Trinajstić information content (AvgIpc) is 1.67. The maximum atomic E-state index is 12.8. The van der Waals surface area contributed by atoms with Crippen molar-refractivity contribution >= 4 is 47.4 Å². The minimum absolute atomic E-state index is 0.223. The van der Waals surface area contributed by atoms with Gasteiger partial charge in [0, 0.05) is 58.8 Å². The highest BCUT2D eigenvalue weighted by atomic mass is 16.2. The molecule has 0 radical (unpaired) electrons. The molecule has 24 heteroatoms. The van der Waals surface area contributed by atoms with E-state index in [1.807, 2.05) is 275 Å². The van der Waals surface area contributed by atoms with Crippen LogP contribution in [0.5, 0.6) is 0 Å². The molecule has 0 saturated carbocycles. The highest BCUT2D eigenvalue weighted by Gasteiger charge is 2.22. The topological polar surface area (TPSA) is 291 Å². The van der Waals surface area contributed by atoms with E-state index in [2.05, 4.69) is 81.5 Å². The number of carbonyl (C=O) groups is 4. The number of hydrogen-bond acceptors (Lipinski definition) is 16. The molecule has 16 aromatic rings. The van der Waals surface area contributed by atoms with Crippen LogP contribution in [-0.4, -0.2) is 103 Å². The van der Waals surface area contributed by atoms with Crippen LogP contribution in [0.15, 0.2) is 328 Å². The number of pyridine rings is 4. The zero-order chi connectivity index (χ0) is 72.8. The summed E-state index contributed by atoms with van der Waals surface area (Å²) in [6, 6.07) is 91.2. The summed E-state index contributed by atoms with van der Waals surface area (Å²) in [5.41, 5.74) is 10.0. The first-order chi connectivity index (χ1) is 52.1. The van der Waals surface area contributed by atoms with Gasteiger partial charge in [-0.3, -0.25) is 60.4 Å². The summed E-state index contributed by atoms with van der Waals surface area (Å²) in [6.07, 6.45) is 8.42. The molecular formula is C82H64N20O4. The van der Waals surface area contributed by atoms with Crippen molar-refractivity contribution in [1.29, 1.82) is 0 Å². The maximum Gasteiger partial charge on any atom is 0.258 e. The Morgan fingerprint density at radius 3 is 0.830 bits per heavy atom. The molecule has 0 aliphatic heterocycles. The summed E-state index contributed by atoms with van der Waals surface area (Å²) in [5.74, 6) is 2.28. The van der Waals surface area contributed by atoms with Gasteiger partial charge in [-0.2, -0.15) is 38.7 Å². The van der Waals surface area contributed by atoms with Gasteiger partial charge in [0.25, 0.3) is 23.6 Å². The Morgan fingerprint density at radius 2 is 0.528 bits per heavy atom. The van der Waals surface area contributed by atoms with Crippen LogP contribution in [0.3, 0.4) is 0 Å². The fourth-order valence-corrected chi connectivity index (χ4v) is 10.5. The van der Waals surface area contributed by atoms with Gasteiger partial charge < -0.3 is 0 Å². The number of anilines is 4. The van der Waals surface area contributed by atoms with Crippen LogP contribution in [0.4, 0.5) is 23.8 Å². The van der Waals surface area contributed by atoms with Gasteiger partial charge in [-0.15, -0.1) is 20.4 Å². The van der Waals surface area contributed by atoms with Crippen molar-refractivity contribution in [1.82, 2.24) is 79.0 Å². The van der Waals surface area contributed by atoms with Crippen molar-refractivity contribution in [2.75, 3.05) is 21.3 Å². The van der Waals surface area contributed by atoms with Crippen LogP contribution in [0.1, 0.15) is 52.6 Å². The molecule has 8 aromatic carbocycles. The highest BCUT2D eigenvalue weighted by Crippen LogP contribution is 2.26. The van der Waals surface area contributed by atoms with Gasteiger partial charge in [-0.05, 0) is 158 Å². The lowest BCUT2D eigenvalue weighted by molar-refractivity contribution is 0.101. The minimum atomic E-state index is -0.247. The number of nitrogens with one attached hydrogen (secondary N) is 4. The number of nitrogens with zero attached hydrogens (tertiary/aromatic N) is 16. The molecular weight excluding hydrogens is 1330 g/mol. The second-order valence-electron chi connectivity index (χ2n) is 23.1. The zero-order valence-corrected chi connectivity index (χ0v) is 57.0. The fourth-order valence-electron chi connectivity index (χ4n) is 10.5. The Morgan fingerprint density at radius 1 is 0.264 bits per heavy atom. The largest absolute Gasteiger partial charge is 0.290 e. The van der Waals surface area contributed by atoms with E-state index in [1.54, 1.807) is 86.1 Å². The maximum absolute atomic E-state index is 12.8. The molecule has 0 aliphatic carbocycles. The number of para-hydroxylation sites is 4. The van der Waals surface area contributed by atoms with Crippen molar-refractivity contribution in [3.8, 4) is 68.7 Å². The van der Waals surface area contributed by atoms with Gasteiger partial charge >= 0.3 is 0 Å². The predicted octanol–water partition coefficient (Wildman–Crippen LogP) is 14.9. The van der Waals surface area contributed by atoms with Gasteiger partial charge in [0.2, 0.25) is 41.3 Å². The lowest BCUT2D eigenvalue weighted by atomic mass is 10.1. The summed E-state index contributed by atoms with van der Waals surface area (Å²) >= 11 is 0. The Kier molecular flexibility index (Phi) is 22.1. The molecule has 0 fully saturated rings. The van der Waals surface area contributed by atoms with Crippen molar-refractivity contribution in [3.63, 3.8) is 0 Å². The summed E-state index contributed by atoms with van der Waals surface area (Å²) < 4.78 is 6.45. The molecule has 4 amide bonds. The summed E-state index contributed by atoms with van der Waals surface area (Å²) in [7, 11) is 0. The van der Waals surface area contributed by atoms with Crippen LogP contribution in [0, 0.1) is 13.8 Å². The number of benzene rings is 8. The van der Waals surface area contributed by atoms with Gasteiger partial charge in [0.1, 0.15) is 17.1 Å². The molecule has 24 nitrogen and oxygen atoms in total. The Labute approximate surface area is 608 Å². The Bertz CT molecular complexity index is 5220. The number of hydrogen-bond donors (Lipinski definition) is 4. The molecule has 4 N–H and O–H groups in total. The standard InChI is InChI=1S/2C21H17N5O.2C20H15N5O/c1-15-9-5-6-12-17(15)20(27)24-21-23-19(18-13-7-8-14-22-18)25-26(21)16-10-3-2-4-11-16;1-15-7-5-6-10-18(15)20(27)24-21-23-19(16-11-13-22-14-12-16)25-26(21)17-8-3-2-4-9-17;2*26-19(15-9-3-1-4-10-15)23-20-22-18(17-13-7-8-14-21-17)24-25(20)16-11-5-2-6-12-16/h2*2-14H,1H3,(H,23,24,25,27);2*1-14H,(H,22,23,24,26). The second kappa shape index (κ2) is 33.8. The second-order valence-corrected chi connectivity index (χ2v) is 23.1. The molecule has 0 spiro atoms. The molecule has 8 heterocycles. The molecule has 16 rings (SSSR count). The minimum Gasteiger partial charge on any atom is -0.290 e. The third-order valence-electron chi connectivity index (χ3n) is 15.8. The van der Waals surface area contributed by atoms with Gasteiger partial charge in [-0.1, -0.05) is 164 Å². The average molecular weight is 1390 g/mol. The Balaban J connectivity index is 0.000000125.